The number of rotatable bonds is 11. The van der Waals surface area contributed by atoms with Gasteiger partial charge in [0.05, 0.1) is 18.2 Å². The van der Waals surface area contributed by atoms with Gasteiger partial charge in [0.25, 0.3) is 5.91 Å². The van der Waals surface area contributed by atoms with E-state index in [0.29, 0.717) is 29.5 Å². The Morgan fingerprint density at radius 2 is 1.97 bits per heavy atom. The maximum Gasteiger partial charge on any atom is 0.252 e. The predicted octanol–water partition coefficient (Wildman–Crippen LogP) is 5.75. The molecule has 1 aliphatic carbocycles. The third-order valence-corrected chi connectivity index (χ3v) is 7.07. The number of amides is 1. The van der Waals surface area contributed by atoms with Crippen LogP contribution in [0.2, 0.25) is 5.02 Å². The van der Waals surface area contributed by atoms with Gasteiger partial charge in [-0.2, -0.15) is 0 Å². The second-order valence-corrected chi connectivity index (χ2v) is 10.00. The highest BCUT2D eigenvalue weighted by Crippen LogP contribution is 2.41. The third kappa shape index (κ3) is 5.45. The summed E-state index contributed by atoms with van der Waals surface area (Å²) >= 11 is 6.08. The molecule has 0 bridgehead atoms. The number of ether oxygens (including phenoxy) is 1. The summed E-state index contributed by atoms with van der Waals surface area (Å²) < 4.78 is 7.79. The number of nitrogens with zero attached hydrogens (tertiary/aromatic N) is 4. The van der Waals surface area contributed by atoms with Gasteiger partial charge in [-0.15, -0.1) is 0 Å². The molecule has 1 aromatic heterocycles. The Hall–Kier alpha value is -4.04. The maximum atomic E-state index is 13.4. The number of aliphatic hydroxyl groups excluding tert-OH is 1. The van der Waals surface area contributed by atoms with Crippen molar-refractivity contribution >= 4 is 45.0 Å². The molecule has 9 nitrogen and oxygen atoms in total. The number of fused-ring (bicyclic) bond motifs is 2. The zero-order chi connectivity index (χ0) is 26.8. The van der Waals surface area contributed by atoms with Crippen molar-refractivity contribution in [3.63, 3.8) is 0 Å². The van der Waals surface area contributed by atoms with Crippen molar-refractivity contribution in [2.75, 3.05) is 13.2 Å². The fraction of sp³-hybridized carbons (Fsp3) is 0.286. The lowest BCUT2D eigenvalue weighted by Crippen LogP contribution is -2.16. The van der Waals surface area contributed by atoms with Crippen LogP contribution < -0.4 is 10.5 Å². The second-order valence-electron chi connectivity index (χ2n) is 9.56. The van der Waals surface area contributed by atoms with Crippen LogP contribution in [0.1, 0.15) is 51.5 Å². The molecule has 10 heteroatoms. The van der Waals surface area contributed by atoms with E-state index in [-0.39, 0.29) is 30.2 Å². The summed E-state index contributed by atoms with van der Waals surface area (Å²) in [4.78, 5) is 28.2. The number of ketones is 1. The summed E-state index contributed by atoms with van der Waals surface area (Å²) in [7, 11) is 0. The fourth-order valence-electron chi connectivity index (χ4n) is 4.68. The largest absolute Gasteiger partial charge is 0.485 e. The standard InChI is InChI=1S/C28H26ClN5O4/c29-20-5-3-18-12-27(23(28(30)37)10-19(18)9-20)38-15-26(36)24-14-34(8-7-21(35)13-32-33-31)25-11-17(16-1-2-16)4-6-22(24)25/h3-6,9-12,14,16,21,35H,1-2,7-8,13,15H2,(H2,30,37). The molecular formula is C28H26ClN5O4. The van der Waals surface area contributed by atoms with Crippen LogP contribution in [0.15, 0.2) is 59.8 Å². The van der Waals surface area contributed by atoms with Gasteiger partial charge in [0.2, 0.25) is 5.78 Å². The topological polar surface area (TPSA) is 143 Å². The molecule has 0 aliphatic heterocycles. The van der Waals surface area contributed by atoms with E-state index in [1.165, 1.54) is 5.56 Å². The maximum absolute atomic E-state index is 13.4. The molecule has 3 aromatic carbocycles. The quantitative estimate of drug-likeness (QED) is 0.110. The van der Waals surface area contributed by atoms with Crippen molar-refractivity contribution in [3.05, 3.63) is 86.9 Å². The zero-order valence-electron chi connectivity index (χ0n) is 20.5. The third-order valence-electron chi connectivity index (χ3n) is 6.84. The molecule has 38 heavy (non-hydrogen) atoms. The van der Waals surface area contributed by atoms with Gasteiger partial charge in [-0.05, 0) is 77.4 Å². The van der Waals surface area contributed by atoms with Crippen molar-refractivity contribution in [1.29, 1.82) is 0 Å². The van der Waals surface area contributed by atoms with E-state index in [4.69, 9.17) is 27.6 Å². The number of aliphatic hydroxyl groups is 1. The highest BCUT2D eigenvalue weighted by Gasteiger charge is 2.25. The average Bonchev–Trinajstić information content (AvgIpc) is 3.70. The monoisotopic (exact) mass is 531 g/mol. The van der Waals surface area contributed by atoms with E-state index in [1.807, 2.05) is 10.6 Å². The number of aromatic nitrogens is 1. The molecule has 1 fully saturated rings. The molecule has 1 heterocycles. The molecule has 3 N–H and O–H groups in total. The van der Waals surface area contributed by atoms with Gasteiger partial charge in [-0.1, -0.05) is 34.9 Å². The molecule has 1 amide bonds. The summed E-state index contributed by atoms with van der Waals surface area (Å²) in [5.41, 5.74) is 16.9. The summed E-state index contributed by atoms with van der Waals surface area (Å²) in [6, 6.07) is 14.7. The Morgan fingerprint density at radius 1 is 1.16 bits per heavy atom. The van der Waals surface area contributed by atoms with E-state index in [1.54, 1.807) is 36.5 Å². The number of hydrogen-bond donors (Lipinski definition) is 2. The zero-order valence-corrected chi connectivity index (χ0v) is 21.3. The first-order valence-corrected chi connectivity index (χ1v) is 12.7. The van der Waals surface area contributed by atoms with Crippen LogP contribution in [0.4, 0.5) is 0 Å². The first-order valence-electron chi connectivity index (χ1n) is 12.3. The first-order chi connectivity index (χ1) is 18.3. The predicted molar refractivity (Wildman–Crippen MR) is 146 cm³/mol. The van der Waals surface area contributed by atoms with Crippen molar-refractivity contribution < 1.29 is 19.4 Å². The molecule has 194 valence electrons. The Labute approximate surface area is 223 Å². The van der Waals surface area contributed by atoms with Crippen LogP contribution >= 0.6 is 11.6 Å². The minimum atomic E-state index is -0.785. The molecule has 1 unspecified atom stereocenters. The summed E-state index contributed by atoms with van der Waals surface area (Å²) in [6.45, 7) is 0.144. The van der Waals surface area contributed by atoms with Gasteiger partial charge < -0.3 is 20.1 Å². The number of nitrogens with two attached hydrogens (primary N) is 1. The number of benzene rings is 3. The highest BCUT2D eigenvalue weighted by atomic mass is 35.5. The molecule has 1 saturated carbocycles. The lowest BCUT2D eigenvalue weighted by atomic mass is 10.0. The number of Topliss-reactive ketones (excluding diaryl/α,β-unsaturated/α-hetero) is 1. The Bertz CT molecular complexity index is 1600. The normalized spacial score (nSPS) is 13.8. The molecular weight excluding hydrogens is 506 g/mol. The van der Waals surface area contributed by atoms with Crippen LogP contribution in [0, 0.1) is 0 Å². The fourth-order valence-corrected chi connectivity index (χ4v) is 4.86. The van der Waals surface area contributed by atoms with Crippen molar-refractivity contribution in [1.82, 2.24) is 4.57 Å². The number of primary amides is 1. The van der Waals surface area contributed by atoms with Crippen molar-refractivity contribution in [2.45, 2.75) is 37.8 Å². The number of azide groups is 1. The van der Waals surface area contributed by atoms with E-state index in [9.17, 15) is 14.7 Å². The van der Waals surface area contributed by atoms with Crippen molar-refractivity contribution in [3.8, 4) is 5.75 Å². The number of carbonyl (C=O) groups is 2. The summed E-state index contributed by atoms with van der Waals surface area (Å²) in [5.74, 6) is -0.163. The smallest absolute Gasteiger partial charge is 0.252 e. The van der Waals surface area contributed by atoms with E-state index >= 15 is 0 Å². The van der Waals surface area contributed by atoms with Crippen LogP contribution in [-0.4, -0.2) is 40.6 Å². The molecule has 0 spiro atoms. The molecule has 4 aromatic rings. The minimum Gasteiger partial charge on any atom is -0.485 e. The molecule has 0 radical (unpaired) electrons. The Morgan fingerprint density at radius 3 is 2.71 bits per heavy atom. The molecule has 1 aliphatic rings. The Kier molecular flexibility index (Phi) is 7.24. The number of aryl methyl sites for hydroxylation is 1. The van der Waals surface area contributed by atoms with Gasteiger partial charge in [-0.25, -0.2) is 0 Å². The van der Waals surface area contributed by atoms with E-state index in [2.05, 4.69) is 22.2 Å². The average molecular weight is 532 g/mol. The van der Waals surface area contributed by atoms with Gasteiger partial charge in [0.15, 0.2) is 6.61 Å². The number of hydrogen-bond acceptors (Lipinski definition) is 5. The van der Waals surface area contributed by atoms with Gasteiger partial charge in [0.1, 0.15) is 5.75 Å². The lowest BCUT2D eigenvalue weighted by molar-refractivity contribution is 0.0913. The van der Waals surface area contributed by atoms with Crippen LogP contribution in [-0.2, 0) is 6.54 Å². The molecule has 5 rings (SSSR count). The molecule has 1 atom stereocenters. The van der Waals surface area contributed by atoms with Crippen LogP contribution in [0.3, 0.4) is 0 Å². The van der Waals surface area contributed by atoms with Crippen LogP contribution in [0.5, 0.6) is 5.75 Å². The first kappa shape index (κ1) is 25.6. The number of halogens is 1. The lowest BCUT2D eigenvalue weighted by Gasteiger charge is -2.11. The second kappa shape index (κ2) is 10.8. The van der Waals surface area contributed by atoms with Crippen molar-refractivity contribution in [2.24, 2.45) is 10.8 Å². The SMILES string of the molecule is [N-]=[N+]=NCC(O)CCn1cc(C(=O)COc2cc3ccc(Cl)cc3cc2C(N)=O)c2ccc(C3CC3)cc21. The molecule has 0 saturated heterocycles. The van der Waals surface area contributed by atoms with E-state index in [0.717, 1.165) is 34.5 Å². The highest BCUT2D eigenvalue weighted by molar-refractivity contribution is 6.31. The summed E-state index contributed by atoms with van der Waals surface area (Å²) in [6.07, 6.45) is 3.65. The van der Waals surface area contributed by atoms with Crippen LogP contribution in [0.25, 0.3) is 32.1 Å². The van der Waals surface area contributed by atoms with Gasteiger partial charge in [-0.3, -0.25) is 9.59 Å². The summed E-state index contributed by atoms with van der Waals surface area (Å²) in [5, 5.41) is 16.4. The van der Waals surface area contributed by atoms with Gasteiger partial charge >= 0.3 is 0 Å². The minimum absolute atomic E-state index is 0.0111. The van der Waals surface area contributed by atoms with Gasteiger partial charge in [0, 0.05) is 39.1 Å². The number of carbonyl (C=O) groups excluding carboxylic acids is 2. The Balaban J connectivity index is 1.42. The van der Waals surface area contributed by atoms with E-state index < -0.39 is 12.0 Å².